The molecule has 0 fully saturated rings. The fourth-order valence-corrected chi connectivity index (χ4v) is 3.58. The van der Waals surface area contributed by atoms with Gasteiger partial charge in [-0.3, -0.25) is 14.5 Å². The normalized spacial score (nSPS) is 13.6. The minimum Gasteiger partial charge on any atom is -0.445 e. The van der Waals surface area contributed by atoms with Crippen molar-refractivity contribution in [2.45, 2.75) is 26.0 Å². The van der Waals surface area contributed by atoms with Crippen molar-refractivity contribution in [3.05, 3.63) is 47.5 Å². The molecule has 0 aliphatic carbocycles. The summed E-state index contributed by atoms with van der Waals surface area (Å²) < 4.78 is 29.7. The average Bonchev–Trinajstić information content (AvgIpc) is 3.22. The Labute approximate surface area is 190 Å². The van der Waals surface area contributed by atoms with Gasteiger partial charge in [0.05, 0.1) is 6.26 Å². The molecule has 0 saturated heterocycles. The minimum absolute atomic E-state index is 0.0554. The molecule has 0 spiro atoms. The summed E-state index contributed by atoms with van der Waals surface area (Å²) in [6.07, 6.45) is 2.09. The molecule has 13 heteroatoms. The van der Waals surface area contributed by atoms with E-state index in [2.05, 4.69) is 25.3 Å². The van der Waals surface area contributed by atoms with Gasteiger partial charge in [0.25, 0.3) is 0 Å². The maximum absolute atomic E-state index is 12.8. The first-order chi connectivity index (χ1) is 15.1. The fourth-order valence-electron chi connectivity index (χ4n) is 2.60. The number of rotatable bonds is 10. The Balaban J connectivity index is 1.99. The van der Waals surface area contributed by atoms with Gasteiger partial charge >= 0.3 is 6.09 Å². The second-order valence-electron chi connectivity index (χ2n) is 6.92. The van der Waals surface area contributed by atoms with Gasteiger partial charge in [-0.15, -0.1) is 11.3 Å². The first-order valence-corrected chi connectivity index (χ1v) is 12.4. The number of aromatic nitrogens is 1. The first-order valence-electron chi connectivity index (χ1n) is 9.59. The quantitative estimate of drug-likeness (QED) is 0.292. The molecule has 0 unspecified atom stereocenters. The maximum atomic E-state index is 12.8. The molecule has 0 radical (unpaired) electrons. The molecule has 0 saturated carbocycles. The molecule has 2 rings (SSSR count). The van der Waals surface area contributed by atoms with Crippen LogP contribution in [0.15, 0.2) is 46.9 Å². The number of hydrogen-bond donors (Lipinski definition) is 4. The Morgan fingerprint density at radius 3 is 2.62 bits per heavy atom. The number of guanidine groups is 1. The summed E-state index contributed by atoms with van der Waals surface area (Å²) in [7, 11) is -3.53. The molecule has 5 N–H and O–H groups in total. The van der Waals surface area contributed by atoms with Gasteiger partial charge in [-0.1, -0.05) is 37.3 Å². The van der Waals surface area contributed by atoms with E-state index in [4.69, 9.17) is 10.5 Å². The number of nitrogens with zero attached hydrogens (tertiary/aromatic N) is 2. The number of hydrogen-bond acceptors (Lipinski definition) is 8. The van der Waals surface area contributed by atoms with Crippen LogP contribution in [-0.4, -0.2) is 50.2 Å². The number of anilines is 1. The van der Waals surface area contributed by atoms with Crippen LogP contribution < -0.4 is 21.1 Å². The number of nitrogens with two attached hydrogens (primary N) is 1. The Kier molecular flexibility index (Phi) is 9.40. The lowest BCUT2D eigenvalue weighted by Gasteiger charge is -2.23. The topological polar surface area (TPSA) is 165 Å². The van der Waals surface area contributed by atoms with E-state index >= 15 is 0 Å². The third kappa shape index (κ3) is 9.31. The van der Waals surface area contributed by atoms with Crippen LogP contribution in [0.25, 0.3) is 0 Å². The van der Waals surface area contributed by atoms with E-state index in [1.807, 2.05) is 30.3 Å². The smallest absolute Gasteiger partial charge is 0.408 e. The van der Waals surface area contributed by atoms with Crippen LogP contribution in [0.4, 0.5) is 9.93 Å². The lowest BCUT2D eigenvalue weighted by molar-refractivity contribution is -0.119. The van der Waals surface area contributed by atoms with E-state index in [1.54, 1.807) is 18.5 Å². The summed E-state index contributed by atoms with van der Waals surface area (Å²) >= 11 is 1.24. The Morgan fingerprint density at radius 1 is 1.28 bits per heavy atom. The molecule has 11 nitrogen and oxygen atoms in total. The van der Waals surface area contributed by atoms with Crippen LogP contribution in [0.3, 0.4) is 0 Å². The Hall–Kier alpha value is -3.19. The van der Waals surface area contributed by atoms with E-state index in [-0.39, 0.29) is 25.0 Å². The van der Waals surface area contributed by atoms with Crippen LogP contribution >= 0.6 is 11.3 Å². The van der Waals surface area contributed by atoms with Crippen molar-refractivity contribution in [2.75, 3.05) is 18.1 Å². The number of ether oxygens (including phenoxy) is 1. The van der Waals surface area contributed by atoms with Crippen molar-refractivity contribution in [2.24, 2.45) is 16.6 Å². The van der Waals surface area contributed by atoms with Crippen molar-refractivity contribution in [3.8, 4) is 0 Å². The summed E-state index contributed by atoms with van der Waals surface area (Å²) in [5.74, 6) is -1.09. The fraction of sp³-hybridized carbons (Fsp3) is 0.368. The van der Waals surface area contributed by atoms with Crippen molar-refractivity contribution in [1.82, 2.24) is 15.0 Å². The number of amides is 2. The zero-order valence-corrected chi connectivity index (χ0v) is 19.3. The first kappa shape index (κ1) is 25.1. The number of aliphatic imine (C=N–C) groups is 1. The second kappa shape index (κ2) is 12.0. The lowest BCUT2D eigenvalue weighted by Crippen LogP contribution is -2.48. The van der Waals surface area contributed by atoms with Crippen molar-refractivity contribution in [1.29, 1.82) is 0 Å². The Morgan fingerprint density at radius 2 is 2.00 bits per heavy atom. The zero-order chi connectivity index (χ0) is 23.6. The molecule has 2 atom stereocenters. The van der Waals surface area contributed by atoms with Crippen LogP contribution in [-0.2, 0) is 26.2 Å². The van der Waals surface area contributed by atoms with Crippen LogP contribution in [0.1, 0.15) is 18.9 Å². The van der Waals surface area contributed by atoms with Crippen LogP contribution in [0.2, 0.25) is 0 Å². The Bertz CT molecular complexity index is 1010. The summed E-state index contributed by atoms with van der Waals surface area (Å²) in [5.41, 5.74) is 6.34. The molecule has 2 amide bonds. The lowest BCUT2D eigenvalue weighted by atomic mass is 9.97. The molecule has 1 aromatic heterocycles. The average molecular weight is 483 g/mol. The highest BCUT2D eigenvalue weighted by Gasteiger charge is 2.28. The number of benzene rings is 1. The molecule has 32 heavy (non-hydrogen) atoms. The van der Waals surface area contributed by atoms with Gasteiger partial charge in [0.2, 0.25) is 21.9 Å². The molecular formula is C19H26N6O5S2. The number of thiazole rings is 1. The monoisotopic (exact) mass is 482 g/mol. The van der Waals surface area contributed by atoms with E-state index in [0.29, 0.717) is 11.6 Å². The van der Waals surface area contributed by atoms with Gasteiger partial charge < -0.3 is 21.1 Å². The van der Waals surface area contributed by atoms with Gasteiger partial charge in [-0.05, 0) is 17.9 Å². The molecule has 0 bridgehead atoms. The zero-order valence-electron chi connectivity index (χ0n) is 17.6. The van der Waals surface area contributed by atoms with Gasteiger partial charge in [0.1, 0.15) is 12.6 Å². The van der Waals surface area contributed by atoms with Crippen LogP contribution in [0.5, 0.6) is 0 Å². The van der Waals surface area contributed by atoms with Crippen molar-refractivity contribution < 1.29 is 22.7 Å². The van der Waals surface area contributed by atoms with E-state index < -0.39 is 28.1 Å². The highest BCUT2D eigenvalue weighted by molar-refractivity contribution is 7.89. The highest BCUT2D eigenvalue weighted by Crippen LogP contribution is 2.15. The number of sulfonamides is 1. The molecule has 2 aromatic rings. The predicted octanol–water partition coefficient (Wildman–Crippen LogP) is 1.27. The highest BCUT2D eigenvalue weighted by atomic mass is 32.2. The number of carbonyl (C=O) groups excluding carboxylic acids is 2. The van der Waals surface area contributed by atoms with Crippen molar-refractivity contribution >= 4 is 44.5 Å². The predicted molar refractivity (Wildman–Crippen MR) is 123 cm³/mol. The molecular weight excluding hydrogens is 456 g/mol. The van der Waals surface area contributed by atoms with Gasteiger partial charge in [-0.2, -0.15) is 0 Å². The summed E-state index contributed by atoms with van der Waals surface area (Å²) in [6, 6.07) is 8.19. The second-order valence-corrected chi connectivity index (χ2v) is 9.56. The maximum Gasteiger partial charge on any atom is 0.408 e. The van der Waals surface area contributed by atoms with E-state index in [9.17, 15) is 18.0 Å². The van der Waals surface area contributed by atoms with Gasteiger partial charge in [0, 0.05) is 18.1 Å². The molecule has 0 aliphatic rings. The third-order valence-corrected chi connectivity index (χ3v) is 5.43. The van der Waals surface area contributed by atoms with E-state index in [0.717, 1.165) is 11.8 Å². The molecule has 1 aromatic carbocycles. The molecule has 174 valence electrons. The van der Waals surface area contributed by atoms with Crippen molar-refractivity contribution in [3.63, 3.8) is 0 Å². The summed E-state index contributed by atoms with van der Waals surface area (Å²) in [6.45, 7) is 1.94. The summed E-state index contributed by atoms with van der Waals surface area (Å²) in [5, 5.41) is 7.35. The van der Waals surface area contributed by atoms with Gasteiger partial charge in [-0.25, -0.2) is 18.2 Å². The third-order valence-electron chi connectivity index (χ3n) is 4.16. The van der Waals surface area contributed by atoms with E-state index in [1.165, 1.54) is 11.3 Å². The van der Waals surface area contributed by atoms with Gasteiger partial charge in [0.15, 0.2) is 5.13 Å². The minimum atomic E-state index is -3.53. The summed E-state index contributed by atoms with van der Waals surface area (Å²) in [4.78, 5) is 33.1. The molecule has 1 heterocycles. The SMILES string of the molecule is C[C@H](CCN=C(N)NS(C)(=O)=O)[C@H](NC(=O)OCc1ccccc1)C(=O)Nc1nccs1. The number of carbonyl (C=O) groups is 2. The molecule has 0 aliphatic heterocycles. The standard InChI is InChI=1S/C19H26N6O5S2/c1-13(8-9-21-17(20)25-32(2,28)29)15(16(26)24-18-22-10-11-31-18)23-19(27)30-12-14-6-4-3-5-7-14/h3-7,10-11,13,15H,8-9,12H2,1-2H3,(H,23,27)(H3,20,21,25)(H,22,24,26)/t13-,15+/m1/s1. The number of alkyl carbamates (subject to hydrolysis) is 1. The largest absolute Gasteiger partial charge is 0.445 e. The number of nitrogens with one attached hydrogen (secondary N) is 3. The van der Waals surface area contributed by atoms with Crippen LogP contribution in [0, 0.1) is 5.92 Å².